The first kappa shape index (κ1) is 15.3. The molecule has 1 aliphatic rings. The van der Waals surface area contributed by atoms with Crippen molar-refractivity contribution in [1.29, 1.82) is 0 Å². The van der Waals surface area contributed by atoms with E-state index in [0.717, 1.165) is 0 Å². The molecule has 0 fully saturated rings. The summed E-state index contributed by atoms with van der Waals surface area (Å²) in [6, 6.07) is 4.43. The minimum Gasteiger partial charge on any atom is -0.507 e. The lowest BCUT2D eigenvalue weighted by Gasteiger charge is -2.24. The van der Waals surface area contributed by atoms with Crippen molar-refractivity contribution in [2.45, 2.75) is 20.1 Å². The lowest BCUT2D eigenvalue weighted by molar-refractivity contribution is -0.0390. The average Bonchev–Trinajstić information content (AvgIpc) is 2.59. The number of fused-ring (bicyclic) bond motifs is 4. The Bertz CT molecular complexity index is 1110. The van der Waals surface area contributed by atoms with E-state index in [9.17, 15) is 25.2 Å². The molecule has 0 bridgehead atoms. The Balaban J connectivity index is 2.24. The predicted octanol–water partition coefficient (Wildman–Crippen LogP) is 2.58. The molecule has 0 amide bonds. The van der Waals surface area contributed by atoms with E-state index >= 15 is 0 Å². The smallest absolute Gasteiger partial charge is 0.257 e. The third kappa shape index (κ3) is 1.87. The van der Waals surface area contributed by atoms with Crippen molar-refractivity contribution in [3.63, 3.8) is 0 Å². The highest BCUT2D eigenvalue weighted by Gasteiger charge is 2.33. The van der Waals surface area contributed by atoms with Gasteiger partial charge in [0.15, 0.2) is 17.3 Å². The molecule has 128 valence electrons. The standard InChI is InChI=1S/C18H14O7/c1-6-12(20)7(2)15-11(13(6)21)14(22)10-8-4-3-5-9(19)16(8)25-18(23)17(10)24-15/h3-5,18-21,23H,1-2H3/t18-/m1/s1. The molecule has 4 rings (SSSR count). The minimum absolute atomic E-state index is 0.00283. The number of ether oxygens (including phenoxy) is 1. The summed E-state index contributed by atoms with van der Waals surface area (Å²) in [5.74, 6) is -1.01. The molecule has 7 heteroatoms. The summed E-state index contributed by atoms with van der Waals surface area (Å²) in [6.07, 6.45) is -1.61. The van der Waals surface area contributed by atoms with E-state index in [4.69, 9.17) is 9.15 Å². The van der Waals surface area contributed by atoms with E-state index in [0.29, 0.717) is 0 Å². The van der Waals surface area contributed by atoms with Crippen LogP contribution in [0.15, 0.2) is 27.4 Å². The number of para-hydroxylation sites is 1. The van der Waals surface area contributed by atoms with Crippen LogP contribution in [0.2, 0.25) is 0 Å². The van der Waals surface area contributed by atoms with Crippen LogP contribution in [-0.2, 0) is 0 Å². The molecule has 2 heterocycles. The molecular formula is C18H14O7. The molecule has 3 aromatic rings. The fourth-order valence-corrected chi connectivity index (χ4v) is 3.16. The van der Waals surface area contributed by atoms with Crippen LogP contribution in [-0.4, -0.2) is 20.4 Å². The van der Waals surface area contributed by atoms with Crippen molar-refractivity contribution in [3.05, 3.63) is 45.3 Å². The molecule has 4 N–H and O–H groups in total. The number of phenols is 3. The number of aromatic hydroxyl groups is 3. The Morgan fingerprint density at radius 2 is 1.76 bits per heavy atom. The van der Waals surface area contributed by atoms with E-state index in [2.05, 4.69) is 0 Å². The summed E-state index contributed by atoms with van der Waals surface area (Å²) in [5.41, 5.74) is 0.0421. The van der Waals surface area contributed by atoms with Gasteiger partial charge in [-0.15, -0.1) is 0 Å². The van der Waals surface area contributed by atoms with Crippen LogP contribution in [0.25, 0.3) is 22.1 Å². The van der Waals surface area contributed by atoms with Gasteiger partial charge in [-0.25, -0.2) is 0 Å². The Morgan fingerprint density at radius 1 is 1.04 bits per heavy atom. The topological polar surface area (TPSA) is 120 Å². The van der Waals surface area contributed by atoms with Gasteiger partial charge in [0.2, 0.25) is 5.43 Å². The lowest BCUT2D eigenvalue weighted by atomic mass is 9.96. The molecule has 1 aliphatic heterocycles. The second-order valence-electron chi connectivity index (χ2n) is 5.95. The van der Waals surface area contributed by atoms with E-state index in [1.165, 1.54) is 26.0 Å². The molecular weight excluding hydrogens is 328 g/mol. The van der Waals surface area contributed by atoms with Crippen molar-refractivity contribution in [2.24, 2.45) is 0 Å². The number of benzene rings is 2. The number of hydrogen-bond donors (Lipinski definition) is 4. The Morgan fingerprint density at radius 3 is 2.48 bits per heavy atom. The van der Waals surface area contributed by atoms with Gasteiger partial charge in [0.25, 0.3) is 6.29 Å². The number of aliphatic hydroxyl groups is 1. The summed E-state index contributed by atoms with van der Waals surface area (Å²) in [6.45, 7) is 3.02. The molecule has 0 spiro atoms. The van der Waals surface area contributed by atoms with Crippen LogP contribution in [0.3, 0.4) is 0 Å². The predicted molar refractivity (Wildman–Crippen MR) is 88.0 cm³/mol. The number of rotatable bonds is 0. The fourth-order valence-electron chi connectivity index (χ4n) is 3.16. The summed E-state index contributed by atoms with van der Waals surface area (Å²) in [7, 11) is 0. The number of aliphatic hydroxyl groups excluding tert-OH is 1. The second-order valence-corrected chi connectivity index (χ2v) is 5.95. The zero-order valence-electron chi connectivity index (χ0n) is 13.3. The van der Waals surface area contributed by atoms with Crippen molar-refractivity contribution in [2.75, 3.05) is 0 Å². The van der Waals surface area contributed by atoms with Crippen LogP contribution in [0.4, 0.5) is 0 Å². The summed E-state index contributed by atoms with van der Waals surface area (Å²) in [5, 5.41) is 40.5. The van der Waals surface area contributed by atoms with E-state index < -0.39 is 17.5 Å². The normalized spacial score (nSPS) is 15.6. The Kier molecular flexibility index (Phi) is 3.01. The molecule has 0 aliphatic carbocycles. The average molecular weight is 342 g/mol. The Hall–Kier alpha value is -3.19. The fraction of sp³-hybridized carbons (Fsp3) is 0.167. The molecule has 0 saturated carbocycles. The highest BCUT2D eigenvalue weighted by atomic mass is 16.6. The first-order chi connectivity index (χ1) is 11.8. The second kappa shape index (κ2) is 4.90. The molecule has 1 aromatic heterocycles. The first-order valence-corrected chi connectivity index (χ1v) is 7.51. The summed E-state index contributed by atoms with van der Waals surface area (Å²) in [4.78, 5) is 13.1. The van der Waals surface area contributed by atoms with Crippen molar-refractivity contribution < 1.29 is 29.6 Å². The maximum Gasteiger partial charge on any atom is 0.257 e. The monoisotopic (exact) mass is 342 g/mol. The van der Waals surface area contributed by atoms with Crippen molar-refractivity contribution in [1.82, 2.24) is 0 Å². The van der Waals surface area contributed by atoms with E-state index in [-0.39, 0.29) is 56.2 Å². The summed E-state index contributed by atoms with van der Waals surface area (Å²) >= 11 is 0. The highest BCUT2D eigenvalue weighted by Crippen LogP contribution is 2.47. The van der Waals surface area contributed by atoms with Gasteiger partial charge in [0.1, 0.15) is 22.5 Å². The minimum atomic E-state index is -1.61. The molecule has 0 unspecified atom stereocenters. The van der Waals surface area contributed by atoms with Crippen LogP contribution < -0.4 is 10.2 Å². The van der Waals surface area contributed by atoms with Gasteiger partial charge in [-0.05, 0) is 19.9 Å². The third-order valence-electron chi connectivity index (χ3n) is 4.50. The van der Waals surface area contributed by atoms with E-state index in [1.807, 2.05) is 0 Å². The SMILES string of the molecule is Cc1c(O)c(C)c2oc3c(c(=O)c2c1O)-c1cccc(O)c1O[C@H]3O. The molecule has 2 aromatic carbocycles. The molecule has 7 nitrogen and oxygen atoms in total. The number of phenolic OH excluding ortho intramolecular Hbond substituents is 3. The molecule has 25 heavy (non-hydrogen) atoms. The molecule has 0 saturated heterocycles. The first-order valence-electron chi connectivity index (χ1n) is 7.51. The van der Waals surface area contributed by atoms with Crippen LogP contribution in [0.1, 0.15) is 23.2 Å². The highest BCUT2D eigenvalue weighted by molar-refractivity contribution is 5.94. The van der Waals surface area contributed by atoms with Crippen LogP contribution >= 0.6 is 0 Å². The van der Waals surface area contributed by atoms with Crippen LogP contribution in [0.5, 0.6) is 23.0 Å². The van der Waals surface area contributed by atoms with Gasteiger partial charge >= 0.3 is 0 Å². The van der Waals surface area contributed by atoms with Crippen molar-refractivity contribution >= 4 is 11.0 Å². The maximum absolute atomic E-state index is 13.1. The van der Waals surface area contributed by atoms with Gasteiger partial charge in [-0.3, -0.25) is 4.79 Å². The molecule has 1 atom stereocenters. The zero-order chi connectivity index (χ0) is 18.0. The quantitative estimate of drug-likeness (QED) is 0.495. The lowest BCUT2D eigenvalue weighted by Crippen LogP contribution is -2.20. The van der Waals surface area contributed by atoms with Gasteiger partial charge in [-0.2, -0.15) is 0 Å². The largest absolute Gasteiger partial charge is 0.507 e. The van der Waals surface area contributed by atoms with Gasteiger partial charge < -0.3 is 29.6 Å². The van der Waals surface area contributed by atoms with Gasteiger partial charge in [0, 0.05) is 16.7 Å². The van der Waals surface area contributed by atoms with Gasteiger partial charge in [0.05, 0.1) is 5.56 Å². The number of aryl methyl sites for hydroxylation is 1. The molecule has 0 radical (unpaired) electrons. The van der Waals surface area contributed by atoms with E-state index in [1.54, 1.807) is 6.07 Å². The zero-order valence-corrected chi connectivity index (χ0v) is 13.3. The van der Waals surface area contributed by atoms with Crippen LogP contribution in [0, 0.1) is 13.8 Å². The summed E-state index contributed by atoms with van der Waals surface area (Å²) < 4.78 is 10.9. The maximum atomic E-state index is 13.1. The number of hydrogen-bond acceptors (Lipinski definition) is 7. The third-order valence-corrected chi connectivity index (χ3v) is 4.50. The Labute approximate surface area is 141 Å². The van der Waals surface area contributed by atoms with Crippen molar-refractivity contribution in [3.8, 4) is 34.1 Å². The van der Waals surface area contributed by atoms with Gasteiger partial charge in [-0.1, -0.05) is 12.1 Å².